The molecule has 0 atom stereocenters. The van der Waals surface area contributed by atoms with Crippen molar-refractivity contribution >= 4 is 27.3 Å². The molecule has 182 valence electrons. The summed E-state index contributed by atoms with van der Waals surface area (Å²) in [6.07, 6.45) is 1.55. The molecule has 0 unspecified atom stereocenters. The minimum absolute atomic E-state index is 0.0585. The van der Waals surface area contributed by atoms with Gasteiger partial charge in [-0.3, -0.25) is 4.79 Å². The molecule has 0 aliphatic carbocycles. The van der Waals surface area contributed by atoms with Crippen molar-refractivity contribution < 1.29 is 17.9 Å². The Morgan fingerprint density at radius 3 is 2.26 bits per heavy atom. The molecule has 0 saturated carbocycles. The Labute approximate surface area is 206 Å². The third-order valence-corrected chi connectivity index (χ3v) is 8.64. The predicted octanol–water partition coefficient (Wildman–Crippen LogP) is 3.80. The number of hydrogen-bond donors (Lipinski definition) is 0. The third kappa shape index (κ3) is 4.63. The number of nitrogens with zero attached hydrogens (tertiary/aromatic N) is 3. The molecule has 0 N–H and O–H groups in total. The molecule has 5 rings (SSSR count). The van der Waals surface area contributed by atoms with Gasteiger partial charge >= 0.3 is 0 Å². The molecule has 2 aliphatic rings. The summed E-state index contributed by atoms with van der Waals surface area (Å²) in [4.78, 5) is 17.3. The van der Waals surface area contributed by atoms with Crippen molar-refractivity contribution in [2.75, 3.05) is 49.6 Å². The molecule has 8 heteroatoms. The first kappa shape index (κ1) is 23.4. The number of fused-ring (bicyclic) bond motifs is 1. The van der Waals surface area contributed by atoms with Gasteiger partial charge in [0.25, 0.3) is 5.91 Å². The smallest absolute Gasteiger partial charge is 0.258 e. The van der Waals surface area contributed by atoms with E-state index in [9.17, 15) is 13.2 Å². The summed E-state index contributed by atoms with van der Waals surface area (Å²) in [5.41, 5.74) is 3.39. The molecule has 0 aromatic heterocycles. The molecule has 3 aromatic carbocycles. The summed E-state index contributed by atoms with van der Waals surface area (Å²) in [6, 6.07) is 22.2. The monoisotopic (exact) mass is 491 g/mol. The maximum Gasteiger partial charge on any atom is 0.258 e. The van der Waals surface area contributed by atoms with Crippen LogP contribution >= 0.6 is 0 Å². The lowest BCUT2D eigenvalue weighted by Gasteiger charge is -2.35. The van der Waals surface area contributed by atoms with E-state index in [4.69, 9.17) is 4.74 Å². The van der Waals surface area contributed by atoms with Gasteiger partial charge in [-0.15, -0.1) is 0 Å². The van der Waals surface area contributed by atoms with Gasteiger partial charge in [0.05, 0.1) is 12.0 Å². The normalized spacial score (nSPS) is 16.6. The van der Waals surface area contributed by atoms with Gasteiger partial charge in [-0.2, -0.15) is 4.31 Å². The van der Waals surface area contributed by atoms with Crippen LogP contribution in [0.3, 0.4) is 0 Å². The van der Waals surface area contributed by atoms with Crippen LogP contribution < -0.4 is 14.5 Å². The van der Waals surface area contributed by atoms with Crippen LogP contribution in [0.2, 0.25) is 0 Å². The molecule has 2 aliphatic heterocycles. The number of carbonyl (C=O) groups excluding carboxylic acids is 1. The molecule has 1 fully saturated rings. The molecule has 7 nitrogen and oxygen atoms in total. The van der Waals surface area contributed by atoms with Crippen molar-refractivity contribution in [2.45, 2.75) is 17.7 Å². The second-order valence-corrected chi connectivity index (χ2v) is 10.7. The Hall–Kier alpha value is -3.36. The minimum atomic E-state index is -3.62. The molecular formula is C27H29N3O4S. The lowest BCUT2D eigenvalue weighted by atomic mass is 10.0. The van der Waals surface area contributed by atoms with Crippen LogP contribution in [0.15, 0.2) is 77.7 Å². The summed E-state index contributed by atoms with van der Waals surface area (Å²) >= 11 is 0. The number of hydrogen-bond acceptors (Lipinski definition) is 5. The molecule has 1 saturated heterocycles. The summed E-state index contributed by atoms with van der Waals surface area (Å²) in [6.45, 7) is 2.71. The molecule has 0 bridgehead atoms. The van der Waals surface area contributed by atoms with Crippen molar-refractivity contribution in [1.82, 2.24) is 4.31 Å². The number of rotatable bonds is 5. The molecule has 0 spiro atoms. The second-order valence-electron chi connectivity index (χ2n) is 8.81. The first-order valence-electron chi connectivity index (χ1n) is 11.9. The number of methoxy groups -OCH3 is 1. The van der Waals surface area contributed by atoms with Crippen LogP contribution in [0.1, 0.15) is 22.3 Å². The predicted molar refractivity (Wildman–Crippen MR) is 137 cm³/mol. The first-order valence-corrected chi connectivity index (χ1v) is 13.3. The van der Waals surface area contributed by atoms with Gasteiger partial charge in [-0.05, 0) is 73.0 Å². The molecule has 0 radical (unpaired) electrons. The fraction of sp³-hybridized carbons (Fsp3) is 0.296. The van der Waals surface area contributed by atoms with E-state index < -0.39 is 10.0 Å². The van der Waals surface area contributed by atoms with E-state index in [1.807, 2.05) is 42.5 Å². The Morgan fingerprint density at radius 1 is 0.857 bits per heavy atom. The van der Waals surface area contributed by atoms with Crippen LogP contribution in [0, 0.1) is 0 Å². The largest absolute Gasteiger partial charge is 0.497 e. The number of benzene rings is 3. The van der Waals surface area contributed by atoms with E-state index >= 15 is 0 Å². The summed E-state index contributed by atoms with van der Waals surface area (Å²) in [7, 11) is -1.98. The number of carbonyl (C=O) groups is 1. The minimum Gasteiger partial charge on any atom is -0.497 e. The van der Waals surface area contributed by atoms with E-state index in [0.717, 1.165) is 35.5 Å². The van der Waals surface area contributed by atoms with Crippen LogP contribution in [-0.4, -0.2) is 58.5 Å². The zero-order valence-corrected chi connectivity index (χ0v) is 20.6. The van der Waals surface area contributed by atoms with Crippen molar-refractivity contribution in [3.8, 4) is 5.75 Å². The number of aryl methyl sites for hydroxylation is 1. The lowest BCUT2D eigenvalue weighted by molar-refractivity contribution is 0.0985. The Kier molecular flexibility index (Phi) is 6.49. The van der Waals surface area contributed by atoms with Crippen molar-refractivity contribution in [2.24, 2.45) is 0 Å². The third-order valence-electron chi connectivity index (χ3n) is 6.75. The maximum absolute atomic E-state index is 13.4. The van der Waals surface area contributed by atoms with Gasteiger partial charge < -0.3 is 14.5 Å². The van der Waals surface area contributed by atoms with Gasteiger partial charge in [0.1, 0.15) is 5.75 Å². The summed E-state index contributed by atoms with van der Waals surface area (Å²) < 4.78 is 33.7. The van der Waals surface area contributed by atoms with Crippen molar-refractivity contribution in [1.29, 1.82) is 0 Å². The molecule has 35 heavy (non-hydrogen) atoms. The van der Waals surface area contributed by atoms with Crippen molar-refractivity contribution in [3.05, 3.63) is 83.9 Å². The molecule has 3 aromatic rings. The molecular weight excluding hydrogens is 462 g/mol. The second kappa shape index (κ2) is 9.71. The average Bonchev–Trinajstić information content (AvgIpc) is 2.92. The van der Waals surface area contributed by atoms with Crippen LogP contribution in [0.5, 0.6) is 5.75 Å². The SMILES string of the molecule is COc1ccc(N2CCN(S(=O)(=O)c3ccc4c(c3)CCCN4C(=O)c3ccccc3)CC2)cc1. The zero-order valence-electron chi connectivity index (χ0n) is 19.8. The fourth-order valence-electron chi connectivity index (χ4n) is 4.81. The number of anilines is 2. The lowest BCUT2D eigenvalue weighted by Crippen LogP contribution is -2.48. The first-order chi connectivity index (χ1) is 17.0. The highest BCUT2D eigenvalue weighted by molar-refractivity contribution is 7.89. The van der Waals surface area contributed by atoms with E-state index in [0.29, 0.717) is 43.2 Å². The number of amides is 1. The van der Waals surface area contributed by atoms with Crippen LogP contribution in [0.4, 0.5) is 11.4 Å². The fourth-order valence-corrected chi connectivity index (χ4v) is 6.28. The van der Waals surface area contributed by atoms with Crippen molar-refractivity contribution in [3.63, 3.8) is 0 Å². The Balaban J connectivity index is 1.31. The van der Waals surface area contributed by atoms with E-state index in [1.54, 1.807) is 46.6 Å². The Morgan fingerprint density at radius 2 is 1.57 bits per heavy atom. The molecule has 1 amide bonds. The summed E-state index contributed by atoms with van der Waals surface area (Å²) in [5, 5.41) is 0. The van der Waals surface area contributed by atoms with E-state index in [2.05, 4.69) is 4.90 Å². The average molecular weight is 492 g/mol. The molecule has 2 heterocycles. The number of ether oxygens (including phenoxy) is 1. The number of sulfonamides is 1. The van der Waals surface area contributed by atoms with Gasteiger partial charge in [0.2, 0.25) is 10.0 Å². The van der Waals surface area contributed by atoms with Crippen LogP contribution in [0.25, 0.3) is 0 Å². The highest BCUT2D eigenvalue weighted by Gasteiger charge is 2.31. The highest BCUT2D eigenvalue weighted by atomic mass is 32.2. The zero-order chi connectivity index (χ0) is 24.4. The van der Waals surface area contributed by atoms with E-state index in [1.165, 1.54) is 0 Å². The Bertz CT molecular complexity index is 1300. The number of piperazine rings is 1. The van der Waals surface area contributed by atoms with Gasteiger partial charge in [-0.25, -0.2) is 8.42 Å². The standard InChI is InChI=1S/C27H29N3O4S/c1-34-24-11-9-23(10-12-24)28-16-18-29(19-17-28)35(32,33)25-13-14-26-22(20-25)8-5-15-30(26)27(31)21-6-3-2-4-7-21/h2-4,6-7,9-14,20H,5,8,15-19H2,1H3. The quantitative estimate of drug-likeness (QED) is 0.543. The topological polar surface area (TPSA) is 70.2 Å². The highest BCUT2D eigenvalue weighted by Crippen LogP contribution is 2.32. The van der Waals surface area contributed by atoms with Gasteiger partial charge in [0, 0.05) is 49.7 Å². The van der Waals surface area contributed by atoms with Crippen LogP contribution in [-0.2, 0) is 16.4 Å². The van der Waals surface area contributed by atoms with E-state index in [-0.39, 0.29) is 5.91 Å². The van der Waals surface area contributed by atoms with Gasteiger partial charge in [-0.1, -0.05) is 18.2 Å². The van der Waals surface area contributed by atoms with Gasteiger partial charge in [0.15, 0.2) is 0 Å². The maximum atomic E-state index is 13.4. The summed E-state index contributed by atoms with van der Waals surface area (Å²) in [5.74, 6) is 0.739.